The first-order valence-corrected chi connectivity index (χ1v) is 5.31. The van der Waals surface area contributed by atoms with Crippen molar-refractivity contribution in [3.05, 3.63) is 0 Å². The molecular weight excluding hydrogens is 178 g/mol. The Hall–Kier alpha value is -0.610. The molecule has 1 aliphatic rings. The number of carbonyl (C=O) groups excluding carboxylic acids is 1. The van der Waals surface area contributed by atoms with Crippen LogP contribution in [0.1, 0.15) is 26.2 Å². The number of hydrogen-bond acceptors (Lipinski definition) is 3. The third-order valence-electron chi connectivity index (χ3n) is 3.08. The summed E-state index contributed by atoms with van der Waals surface area (Å²) in [7, 11) is 0. The second kappa shape index (κ2) is 4.75. The number of carbonyl (C=O) groups is 1. The maximum atomic E-state index is 11.2. The molecule has 1 atom stereocenters. The summed E-state index contributed by atoms with van der Waals surface area (Å²) in [5.41, 5.74) is 10.5. The molecule has 0 aliphatic carbocycles. The van der Waals surface area contributed by atoms with E-state index in [0.29, 0.717) is 0 Å². The zero-order valence-electron chi connectivity index (χ0n) is 8.96. The lowest BCUT2D eigenvalue weighted by atomic mass is 9.89. The topological polar surface area (TPSA) is 72.4 Å². The summed E-state index contributed by atoms with van der Waals surface area (Å²) in [6.07, 6.45) is 3.07. The standard InChI is InChI=1S/C10H21N3O/c1-10(9(12)14)4-7-13(8-10)6-3-2-5-11/h2-8,11H2,1H3,(H2,12,14). The molecule has 4 heteroatoms. The Morgan fingerprint density at radius 1 is 1.50 bits per heavy atom. The van der Waals surface area contributed by atoms with E-state index in [4.69, 9.17) is 11.5 Å². The molecule has 1 unspecified atom stereocenters. The lowest BCUT2D eigenvalue weighted by Gasteiger charge is -2.20. The van der Waals surface area contributed by atoms with Gasteiger partial charge in [-0.25, -0.2) is 0 Å². The number of hydrogen-bond donors (Lipinski definition) is 2. The predicted molar refractivity (Wildman–Crippen MR) is 56.6 cm³/mol. The van der Waals surface area contributed by atoms with Crippen LogP contribution >= 0.6 is 0 Å². The van der Waals surface area contributed by atoms with Gasteiger partial charge in [0.15, 0.2) is 0 Å². The number of unbranched alkanes of at least 4 members (excludes halogenated alkanes) is 1. The fraction of sp³-hybridized carbons (Fsp3) is 0.900. The summed E-state index contributed by atoms with van der Waals surface area (Å²) in [4.78, 5) is 13.5. The van der Waals surface area contributed by atoms with Crippen molar-refractivity contribution in [3.8, 4) is 0 Å². The molecule has 1 aliphatic heterocycles. The highest BCUT2D eigenvalue weighted by molar-refractivity contribution is 5.81. The molecule has 0 saturated carbocycles. The van der Waals surface area contributed by atoms with Crippen LogP contribution in [0.25, 0.3) is 0 Å². The first-order valence-electron chi connectivity index (χ1n) is 5.31. The van der Waals surface area contributed by atoms with E-state index in [-0.39, 0.29) is 11.3 Å². The smallest absolute Gasteiger partial charge is 0.224 e. The van der Waals surface area contributed by atoms with E-state index < -0.39 is 0 Å². The van der Waals surface area contributed by atoms with Gasteiger partial charge in [0.25, 0.3) is 0 Å². The van der Waals surface area contributed by atoms with E-state index in [1.165, 1.54) is 0 Å². The monoisotopic (exact) mass is 199 g/mol. The van der Waals surface area contributed by atoms with Crippen molar-refractivity contribution in [3.63, 3.8) is 0 Å². The van der Waals surface area contributed by atoms with Gasteiger partial charge in [0.1, 0.15) is 0 Å². The van der Waals surface area contributed by atoms with E-state index in [1.807, 2.05) is 6.92 Å². The minimum absolute atomic E-state index is 0.168. The molecule has 0 aromatic rings. The number of nitrogens with zero attached hydrogens (tertiary/aromatic N) is 1. The molecule has 82 valence electrons. The maximum absolute atomic E-state index is 11.2. The van der Waals surface area contributed by atoms with Gasteiger partial charge in [0.05, 0.1) is 5.41 Å². The largest absolute Gasteiger partial charge is 0.369 e. The van der Waals surface area contributed by atoms with Gasteiger partial charge in [0.2, 0.25) is 5.91 Å². The summed E-state index contributed by atoms with van der Waals surface area (Å²) in [5, 5.41) is 0. The normalized spacial score (nSPS) is 28.1. The minimum atomic E-state index is -0.303. The fourth-order valence-corrected chi connectivity index (χ4v) is 1.93. The zero-order valence-corrected chi connectivity index (χ0v) is 8.96. The van der Waals surface area contributed by atoms with E-state index in [9.17, 15) is 4.79 Å². The number of primary amides is 1. The van der Waals surface area contributed by atoms with Gasteiger partial charge < -0.3 is 16.4 Å². The molecule has 0 spiro atoms. The number of amides is 1. The average Bonchev–Trinajstić information content (AvgIpc) is 2.50. The van der Waals surface area contributed by atoms with E-state index >= 15 is 0 Å². The van der Waals surface area contributed by atoms with E-state index in [0.717, 1.165) is 45.4 Å². The molecule has 0 aromatic heterocycles. The highest BCUT2D eigenvalue weighted by Crippen LogP contribution is 2.29. The van der Waals surface area contributed by atoms with Crippen LogP contribution in [0.15, 0.2) is 0 Å². The van der Waals surface area contributed by atoms with Crippen LogP contribution in [-0.4, -0.2) is 37.0 Å². The van der Waals surface area contributed by atoms with Crippen molar-refractivity contribution in [2.45, 2.75) is 26.2 Å². The van der Waals surface area contributed by atoms with Gasteiger partial charge in [-0.15, -0.1) is 0 Å². The highest BCUT2D eigenvalue weighted by Gasteiger charge is 2.38. The van der Waals surface area contributed by atoms with Gasteiger partial charge in [-0.2, -0.15) is 0 Å². The summed E-state index contributed by atoms with van der Waals surface area (Å²) >= 11 is 0. The quantitative estimate of drug-likeness (QED) is 0.608. The molecular formula is C10H21N3O. The summed E-state index contributed by atoms with van der Waals surface area (Å²) in [6.45, 7) is 5.55. The van der Waals surface area contributed by atoms with Crippen molar-refractivity contribution in [2.75, 3.05) is 26.2 Å². The van der Waals surface area contributed by atoms with Crippen molar-refractivity contribution in [1.82, 2.24) is 4.90 Å². The lowest BCUT2D eigenvalue weighted by Crippen LogP contribution is -2.37. The van der Waals surface area contributed by atoms with Crippen LogP contribution < -0.4 is 11.5 Å². The van der Waals surface area contributed by atoms with Crippen LogP contribution in [-0.2, 0) is 4.79 Å². The van der Waals surface area contributed by atoms with Gasteiger partial charge >= 0.3 is 0 Å². The molecule has 0 aromatic carbocycles. The van der Waals surface area contributed by atoms with Gasteiger partial charge in [-0.1, -0.05) is 0 Å². The van der Waals surface area contributed by atoms with Crippen molar-refractivity contribution in [2.24, 2.45) is 16.9 Å². The van der Waals surface area contributed by atoms with Crippen LogP contribution in [0.2, 0.25) is 0 Å². The molecule has 1 fully saturated rings. The van der Waals surface area contributed by atoms with Crippen LogP contribution in [0.3, 0.4) is 0 Å². The molecule has 14 heavy (non-hydrogen) atoms. The fourth-order valence-electron chi connectivity index (χ4n) is 1.93. The first-order chi connectivity index (χ1) is 6.58. The molecule has 0 radical (unpaired) electrons. The maximum Gasteiger partial charge on any atom is 0.224 e. The summed E-state index contributed by atoms with van der Waals surface area (Å²) in [6, 6.07) is 0. The van der Waals surface area contributed by atoms with Crippen LogP contribution in [0.5, 0.6) is 0 Å². The van der Waals surface area contributed by atoms with Crippen LogP contribution in [0, 0.1) is 5.41 Å². The van der Waals surface area contributed by atoms with Crippen molar-refractivity contribution in [1.29, 1.82) is 0 Å². The summed E-state index contributed by atoms with van der Waals surface area (Å²) < 4.78 is 0. The Labute approximate surface area is 85.6 Å². The zero-order chi connectivity index (χ0) is 10.6. The van der Waals surface area contributed by atoms with E-state index in [2.05, 4.69) is 4.90 Å². The number of nitrogens with two attached hydrogens (primary N) is 2. The molecule has 1 saturated heterocycles. The highest BCUT2D eigenvalue weighted by atomic mass is 16.1. The number of rotatable bonds is 5. The van der Waals surface area contributed by atoms with Crippen molar-refractivity contribution >= 4 is 5.91 Å². The molecule has 1 heterocycles. The second-order valence-corrected chi connectivity index (χ2v) is 4.45. The van der Waals surface area contributed by atoms with Gasteiger partial charge in [-0.3, -0.25) is 4.79 Å². The third kappa shape index (κ3) is 2.69. The average molecular weight is 199 g/mol. The van der Waals surface area contributed by atoms with Gasteiger partial charge in [-0.05, 0) is 45.8 Å². The Morgan fingerprint density at radius 3 is 2.71 bits per heavy atom. The molecule has 1 amide bonds. The Bertz CT molecular complexity index is 208. The SMILES string of the molecule is CC1(C(N)=O)CCN(CCCCN)C1. The molecule has 4 nitrogen and oxygen atoms in total. The second-order valence-electron chi connectivity index (χ2n) is 4.45. The molecule has 4 N–H and O–H groups in total. The van der Waals surface area contributed by atoms with E-state index in [1.54, 1.807) is 0 Å². The third-order valence-corrected chi connectivity index (χ3v) is 3.08. The van der Waals surface area contributed by atoms with Crippen LogP contribution in [0.4, 0.5) is 0 Å². The lowest BCUT2D eigenvalue weighted by molar-refractivity contribution is -0.126. The molecule has 1 rings (SSSR count). The minimum Gasteiger partial charge on any atom is -0.369 e. The first kappa shape index (κ1) is 11.5. The Morgan fingerprint density at radius 2 is 2.21 bits per heavy atom. The Kier molecular flexibility index (Phi) is 3.89. The van der Waals surface area contributed by atoms with Crippen molar-refractivity contribution < 1.29 is 4.79 Å². The Balaban J connectivity index is 2.30. The molecule has 0 bridgehead atoms. The predicted octanol–water partition coefficient (Wildman–Crippen LogP) is -0.0774. The number of likely N-dealkylation sites (tertiary alicyclic amines) is 1. The van der Waals surface area contributed by atoms with Gasteiger partial charge in [0, 0.05) is 6.54 Å². The summed E-state index contributed by atoms with van der Waals surface area (Å²) in [5.74, 6) is -0.168.